The Hall–Kier alpha value is -3.20. The van der Waals surface area contributed by atoms with Gasteiger partial charge in [0.15, 0.2) is 5.13 Å². The number of thiazole rings is 1. The van der Waals surface area contributed by atoms with E-state index in [1.807, 2.05) is 0 Å². The summed E-state index contributed by atoms with van der Waals surface area (Å²) in [5.74, 6) is 0.0834. The van der Waals surface area contributed by atoms with Crippen LogP contribution in [-0.4, -0.2) is 21.8 Å². The third-order valence-corrected chi connectivity index (χ3v) is 4.01. The van der Waals surface area contributed by atoms with E-state index in [-0.39, 0.29) is 23.8 Å². The summed E-state index contributed by atoms with van der Waals surface area (Å²) in [6.45, 7) is 0.311. The van der Waals surface area contributed by atoms with Crippen LogP contribution in [0.2, 0.25) is 0 Å². The lowest BCUT2D eigenvalue weighted by molar-refractivity contribution is -0.120. The number of aromatic nitrogens is 2. The molecule has 0 unspecified atom stereocenters. The van der Waals surface area contributed by atoms with Crippen LogP contribution in [0.1, 0.15) is 21.8 Å². The van der Waals surface area contributed by atoms with E-state index in [0.717, 1.165) is 0 Å². The molecular weight excluding hydrogens is 344 g/mol. The van der Waals surface area contributed by atoms with Crippen molar-refractivity contribution in [2.45, 2.75) is 13.0 Å². The Bertz CT molecular complexity index is 909. The predicted octanol–water partition coefficient (Wildman–Crippen LogP) is 1.54. The summed E-state index contributed by atoms with van der Waals surface area (Å²) in [5.41, 5.74) is 0.583. The van der Waals surface area contributed by atoms with E-state index in [2.05, 4.69) is 20.6 Å². The maximum atomic E-state index is 12.0. The number of aromatic amines is 1. The topological polar surface area (TPSA) is 117 Å². The summed E-state index contributed by atoms with van der Waals surface area (Å²) in [7, 11) is 0. The van der Waals surface area contributed by atoms with Gasteiger partial charge in [0.05, 0.1) is 30.5 Å². The number of furan rings is 1. The standard InChI is InChI=1S/C16H14N4O4S/c21-13-4-3-10(7-17-13)15(23)20-16-19-11(9-25-16)6-14(22)18-8-12-2-1-5-24-12/h1-5,7,9H,6,8H2,(H,17,21)(H,18,22)(H,19,20,23). The molecular formula is C16H14N4O4S. The van der Waals surface area contributed by atoms with Crippen molar-refractivity contribution in [1.29, 1.82) is 0 Å². The van der Waals surface area contributed by atoms with Crippen LogP contribution in [-0.2, 0) is 17.8 Å². The fourth-order valence-electron chi connectivity index (χ4n) is 1.99. The summed E-state index contributed by atoms with van der Waals surface area (Å²) in [5, 5.41) is 7.43. The molecule has 0 atom stereocenters. The zero-order chi connectivity index (χ0) is 17.6. The molecule has 3 heterocycles. The molecule has 0 saturated heterocycles. The number of hydrogen-bond acceptors (Lipinski definition) is 6. The van der Waals surface area contributed by atoms with Crippen LogP contribution in [0.3, 0.4) is 0 Å². The monoisotopic (exact) mass is 358 g/mol. The quantitative estimate of drug-likeness (QED) is 0.618. The van der Waals surface area contributed by atoms with E-state index in [1.54, 1.807) is 23.8 Å². The van der Waals surface area contributed by atoms with E-state index < -0.39 is 0 Å². The number of nitrogens with zero attached hydrogens (tertiary/aromatic N) is 1. The summed E-state index contributed by atoms with van der Waals surface area (Å²) >= 11 is 1.22. The number of carbonyl (C=O) groups excluding carboxylic acids is 2. The molecule has 0 aliphatic carbocycles. The lowest BCUT2D eigenvalue weighted by atomic mass is 10.3. The zero-order valence-electron chi connectivity index (χ0n) is 12.9. The highest BCUT2D eigenvalue weighted by atomic mass is 32.1. The van der Waals surface area contributed by atoms with Crippen LogP contribution in [0.25, 0.3) is 0 Å². The van der Waals surface area contributed by atoms with E-state index in [4.69, 9.17) is 4.42 Å². The molecule has 3 aromatic heterocycles. The molecule has 9 heteroatoms. The first kappa shape index (κ1) is 16.7. The minimum atomic E-state index is -0.389. The minimum Gasteiger partial charge on any atom is -0.467 e. The molecule has 128 valence electrons. The van der Waals surface area contributed by atoms with E-state index >= 15 is 0 Å². The van der Waals surface area contributed by atoms with E-state index in [1.165, 1.54) is 29.7 Å². The van der Waals surface area contributed by atoms with Gasteiger partial charge in [-0.3, -0.25) is 19.7 Å². The van der Waals surface area contributed by atoms with Crippen LogP contribution in [0, 0.1) is 0 Å². The van der Waals surface area contributed by atoms with Gasteiger partial charge in [-0.05, 0) is 18.2 Å². The van der Waals surface area contributed by atoms with Crippen LogP contribution < -0.4 is 16.2 Å². The molecule has 0 saturated carbocycles. The number of amides is 2. The number of pyridine rings is 1. The number of anilines is 1. The van der Waals surface area contributed by atoms with E-state index in [0.29, 0.717) is 28.7 Å². The Kier molecular flexibility index (Phi) is 5.05. The Balaban J connectivity index is 1.53. The molecule has 0 fully saturated rings. The third kappa shape index (κ3) is 4.64. The van der Waals surface area contributed by atoms with Gasteiger partial charge in [0.25, 0.3) is 5.91 Å². The van der Waals surface area contributed by atoms with Crippen molar-refractivity contribution in [2.24, 2.45) is 0 Å². The van der Waals surface area contributed by atoms with Crippen molar-refractivity contribution in [1.82, 2.24) is 15.3 Å². The number of rotatable bonds is 6. The average molecular weight is 358 g/mol. The smallest absolute Gasteiger partial charge is 0.258 e. The number of carbonyl (C=O) groups is 2. The predicted molar refractivity (Wildman–Crippen MR) is 91.4 cm³/mol. The van der Waals surface area contributed by atoms with Gasteiger partial charge in [0.1, 0.15) is 5.76 Å². The van der Waals surface area contributed by atoms with Gasteiger partial charge in [-0.15, -0.1) is 11.3 Å². The van der Waals surface area contributed by atoms with Gasteiger partial charge in [-0.25, -0.2) is 4.98 Å². The molecule has 0 radical (unpaired) electrons. The molecule has 0 aliphatic rings. The summed E-state index contributed by atoms with van der Waals surface area (Å²) in [6, 6.07) is 6.21. The molecule has 0 bridgehead atoms. The summed E-state index contributed by atoms with van der Waals surface area (Å²) in [4.78, 5) is 41.6. The fraction of sp³-hybridized carbons (Fsp3) is 0.125. The highest BCUT2D eigenvalue weighted by molar-refractivity contribution is 7.14. The highest BCUT2D eigenvalue weighted by Gasteiger charge is 2.11. The Morgan fingerprint density at radius 1 is 1.28 bits per heavy atom. The number of H-pyrrole nitrogens is 1. The Morgan fingerprint density at radius 2 is 2.16 bits per heavy atom. The van der Waals surface area contributed by atoms with Crippen LogP contribution >= 0.6 is 11.3 Å². The van der Waals surface area contributed by atoms with Gasteiger partial charge < -0.3 is 14.7 Å². The van der Waals surface area contributed by atoms with Gasteiger partial charge in [-0.1, -0.05) is 0 Å². The molecule has 8 nitrogen and oxygen atoms in total. The molecule has 3 aromatic rings. The second-order valence-electron chi connectivity index (χ2n) is 5.07. The van der Waals surface area contributed by atoms with Gasteiger partial charge in [0.2, 0.25) is 11.5 Å². The maximum absolute atomic E-state index is 12.0. The van der Waals surface area contributed by atoms with Crippen molar-refractivity contribution >= 4 is 28.3 Å². The molecule has 0 aliphatic heterocycles. The Labute approximate surface area is 145 Å². The second kappa shape index (κ2) is 7.58. The second-order valence-corrected chi connectivity index (χ2v) is 5.93. The molecule has 0 spiro atoms. The highest BCUT2D eigenvalue weighted by Crippen LogP contribution is 2.16. The van der Waals surface area contributed by atoms with Crippen LogP contribution in [0.5, 0.6) is 0 Å². The van der Waals surface area contributed by atoms with Gasteiger partial charge in [0, 0.05) is 17.6 Å². The van der Waals surface area contributed by atoms with Crippen LogP contribution in [0.4, 0.5) is 5.13 Å². The normalized spacial score (nSPS) is 10.4. The van der Waals surface area contributed by atoms with Crippen molar-refractivity contribution in [3.63, 3.8) is 0 Å². The Morgan fingerprint density at radius 3 is 2.88 bits per heavy atom. The first-order valence-corrected chi connectivity index (χ1v) is 8.22. The summed E-state index contributed by atoms with van der Waals surface area (Å²) < 4.78 is 5.13. The first-order chi connectivity index (χ1) is 12.1. The fourth-order valence-corrected chi connectivity index (χ4v) is 2.70. The maximum Gasteiger partial charge on any atom is 0.258 e. The largest absolute Gasteiger partial charge is 0.467 e. The lowest BCUT2D eigenvalue weighted by Crippen LogP contribution is -2.24. The molecule has 25 heavy (non-hydrogen) atoms. The molecule has 3 N–H and O–H groups in total. The first-order valence-electron chi connectivity index (χ1n) is 7.34. The molecule has 0 aromatic carbocycles. The summed E-state index contributed by atoms with van der Waals surface area (Å²) in [6.07, 6.45) is 2.97. The average Bonchev–Trinajstić information content (AvgIpc) is 3.25. The number of hydrogen-bond donors (Lipinski definition) is 3. The van der Waals surface area contributed by atoms with Crippen molar-refractivity contribution in [3.05, 3.63) is 69.5 Å². The van der Waals surface area contributed by atoms with Crippen molar-refractivity contribution < 1.29 is 14.0 Å². The molecule has 3 rings (SSSR count). The van der Waals surface area contributed by atoms with Crippen molar-refractivity contribution in [3.8, 4) is 0 Å². The minimum absolute atomic E-state index is 0.103. The van der Waals surface area contributed by atoms with Gasteiger partial charge in [-0.2, -0.15) is 0 Å². The van der Waals surface area contributed by atoms with Crippen LogP contribution in [0.15, 0.2) is 51.3 Å². The molecule has 2 amide bonds. The van der Waals surface area contributed by atoms with E-state index in [9.17, 15) is 14.4 Å². The lowest BCUT2D eigenvalue weighted by Gasteiger charge is -2.02. The third-order valence-electron chi connectivity index (χ3n) is 3.20. The number of nitrogens with one attached hydrogen (secondary N) is 3. The SMILES string of the molecule is O=C(Cc1csc(NC(=O)c2ccc(=O)[nH]c2)n1)NCc1ccco1. The van der Waals surface area contributed by atoms with Gasteiger partial charge >= 0.3 is 0 Å². The van der Waals surface area contributed by atoms with Crippen molar-refractivity contribution in [2.75, 3.05) is 5.32 Å². The zero-order valence-corrected chi connectivity index (χ0v) is 13.8.